The molecular weight excluding hydrogens is 779 g/mol. The van der Waals surface area contributed by atoms with Gasteiger partial charge in [-0.15, -0.1) is 0 Å². The second-order valence-electron chi connectivity index (χ2n) is 18.3. The van der Waals surface area contributed by atoms with Crippen LogP contribution in [0.5, 0.6) is 0 Å². The number of hydrogen-bond donors (Lipinski definition) is 3. The van der Waals surface area contributed by atoms with E-state index in [4.69, 9.17) is 4.74 Å². The fourth-order valence-electron chi connectivity index (χ4n) is 8.08. The standard InChI is InChI=1S/C57H103NO5/c1-4-7-10-13-16-19-22-25-28-31-34-37-40-43-46-49-55(60)54(52-59)58-56(61)51-53(48-45-42-39-36-33-30-27-24-21-18-15-12-9-6-3)63-57(62)50-47-44-41-38-35-32-29-26-23-20-17-14-11-8-5-2/h8,11,14,17,20,23,26,29-30,33,53-55,59-60H,4-7,9-10,12-13,15-16,18-19,21-22,24-25,27-28,31-32,34-52H2,1-3H3,(H,58,61)/b11-8+,17-14+,23-20+,29-26-,33-30+. The Morgan fingerprint density at radius 1 is 0.476 bits per heavy atom. The van der Waals surface area contributed by atoms with Crippen LogP contribution in [0.1, 0.15) is 265 Å². The van der Waals surface area contributed by atoms with Crippen molar-refractivity contribution in [2.45, 2.75) is 283 Å². The first-order valence-electron chi connectivity index (χ1n) is 27.1. The Hall–Kier alpha value is -2.44. The Morgan fingerprint density at radius 2 is 0.873 bits per heavy atom. The Balaban J connectivity index is 4.61. The van der Waals surface area contributed by atoms with Gasteiger partial charge in [-0.1, -0.05) is 242 Å². The van der Waals surface area contributed by atoms with E-state index in [1.54, 1.807) is 0 Å². The van der Waals surface area contributed by atoms with Crippen molar-refractivity contribution in [2.24, 2.45) is 0 Å². The molecule has 63 heavy (non-hydrogen) atoms. The van der Waals surface area contributed by atoms with Gasteiger partial charge >= 0.3 is 5.97 Å². The summed E-state index contributed by atoms with van der Waals surface area (Å²) < 4.78 is 5.93. The number of ether oxygens (including phenoxy) is 1. The van der Waals surface area contributed by atoms with E-state index < -0.39 is 18.2 Å². The van der Waals surface area contributed by atoms with Gasteiger partial charge < -0.3 is 20.3 Å². The molecule has 0 aliphatic heterocycles. The first-order chi connectivity index (χ1) is 31.0. The number of hydrogen-bond acceptors (Lipinski definition) is 5. The van der Waals surface area contributed by atoms with Crippen LogP contribution in [-0.2, 0) is 14.3 Å². The summed E-state index contributed by atoms with van der Waals surface area (Å²) in [6, 6.07) is -0.713. The summed E-state index contributed by atoms with van der Waals surface area (Å²) in [6.07, 6.45) is 62.8. The first-order valence-corrected chi connectivity index (χ1v) is 27.1. The highest BCUT2D eigenvalue weighted by atomic mass is 16.5. The Morgan fingerprint density at radius 3 is 1.37 bits per heavy atom. The Bertz CT molecular complexity index is 1130. The fourth-order valence-corrected chi connectivity index (χ4v) is 8.08. The third kappa shape index (κ3) is 45.9. The highest BCUT2D eigenvalue weighted by Gasteiger charge is 2.24. The lowest BCUT2D eigenvalue weighted by atomic mass is 10.0. The zero-order valence-electron chi connectivity index (χ0n) is 41.7. The van der Waals surface area contributed by atoms with Crippen LogP contribution in [-0.4, -0.2) is 46.9 Å². The lowest BCUT2D eigenvalue weighted by Gasteiger charge is -2.24. The van der Waals surface area contributed by atoms with Gasteiger partial charge in [-0.3, -0.25) is 9.59 Å². The van der Waals surface area contributed by atoms with Crippen LogP contribution in [0.4, 0.5) is 0 Å². The van der Waals surface area contributed by atoms with Crippen LogP contribution in [0.15, 0.2) is 60.8 Å². The maximum Gasteiger partial charge on any atom is 0.306 e. The molecule has 0 radical (unpaired) electrons. The number of rotatable bonds is 48. The predicted octanol–water partition coefficient (Wildman–Crippen LogP) is 16.4. The van der Waals surface area contributed by atoms with Crippen molar-refractivity contribution < 1.29 is 24.5 Å². The molecule has 366 valence electrons. The molecule has 6 heteroatoms. The van der Waals surface area contributed by atoms with E-state index in [1.807, 2.05) is 18.2 Å². The normalized spacial score (nSPS) is 13.7. The van der Waals surface area contributed by atoms with E-state index in [-0.39, 0.29) is 24.9 Å². The van der Waals surface area contributed by atoms with Crippen molar-refractivity contribution in [3.8, 4) is 0 Å². The van der Waals surface area contributed by atoms with E-state index in [9.17, 15) is 19.8 Å². The molecule has 1 amide bonds. The SMILES string of the molecule is CC/C=C/C=C/C=C/C=C\CCCCCCCC(=O)OC(CCCCC/C=C/CCCCCCCCC)CC(=O)NC(CO)C(O)CCCCCCCCCCCCCCCCC. The maximum atomic E-state index is 13.2. The van der Waals surface area contributed by atoms with Gasteiger partial charge in [-0.25, -0.2) is 0 Å². The van der Waals surface area contributed by atoms with Crippen molar-refractivity contribution in [1.29, 1.82) is 0 Å². The van der Waals surface area contributed by atoms with Crippen molar-refractivity contribution in [3.05, 3.63) is 60.8 Å². The molecule has 0 aromatic carbocycles. The summed E-state index contributed by atoms with van der Waals surface area (Å²) in [5, 5.41) is 23.8. The number of amides is 1. The number of carbonyl (C=O) groups is 2. The van der Waals surface area contributed by atoms with Gasteiger partial charge in [0.05, 0.1) is 25.2 Å². The highest BCUT2D eigenvalue weighted by Crippen LogP contribution is 2.18. The molecule has 0 aliphatic rings. The average molecular weight is 882 g/mol. The smallest absolute Gasteiger partial charge is 0.306 e. The van der Waals surface area contributed by atoms with Crippen molar-refractivity contribution >= 4 is 11.9 Å². The van der Waals surface area contributed by atoms with E-state index in [2.05, 4.69) is 68.6 Å². The third-order valence-corrected chi connectivity index (χ3v) is 12.2. The van der Waals surface area contributed by atoms with Crippen molar-refractivity contribution in [1.82, 2.24) is 5.32 Å². The van der Waals surface area contributed by atoms with Crippen LogP contribution in [0.25, 0.3) is 0 Å². The lowest BCUT2D eigenvalue weighted by Crippen LogP contribution is -2.46. The number of unbranched alkanes of at least 4 members (excludes halogenated alkanes) is 29. The van der Waals surface area contributed by atoms with Gasteiger partial charge in [0.1, 0.15) is 6.10 Å². The summed E-state index contributed by atoms with van der Waals surface area (Å²) in [4.78, 5) is 26.2. The average Bonchev–Trinajstić information content (AvgIpc) is 3.28. The van der Waals surface area contributed by atoms with Gasteiger partial charge in [0.15, 0.2) is 0 Å². The summed E-state index contributed by atoms with van der Waals surface area (Å²) in [7, 11) is 0. The minimum atomic E-state index is -0.797. The maximum absolute atomic E-state index is 13.2. The number of carbonyl (C=O) groups excluding carboxylic acids is 2. The number of nitrogens with one attached hydrogen (secondary N) is 1. The number of esters is 1. The minimum Gasteiger partial charge on any atom is -0.462 e. The van der Waals surface area contributed by atoms with E-state index in [0.29, 0.717) is 19.3 Å². The van der Waals surface area contributed by atoms with Gasteiger partial charge in [0, 0.05) is 6.42 Å². The molecule has 0 rings (SSSR count). The van der Waals surface area contributed by atoms with Crippen molar-refractivity contribution in [2.75, 3.05) is 6.61 Å². The van der Waals surface area contributed by atoms with Crippen LogP contribution >= 0.6 is 0 Å². The predicted molar refractivity (Wildman–Crippen MR) is 273 cm³/mol. The monoisotopic (exact) mass is 882 g/mol. The zero-order valence-corrected chi connectivity index (χ0v) is 41.7. The van der Waals surface area contributed by atoms with E-state index in [0.717, 1.165) is 96.3 Å². The molecule has 3 unspecified atom stereocenters. The molecule has 0 fully saturated rings. The second kappa shape index (κ2) is 50.6. The Kier molecular flexibility index (Phi) is 48.6. The molecule has 6 nitrogen and oxygen atoms in total. The van der Waals surface area contributed by atoms with Crippen LogP contribution in [0, 0.1) is 0 Å². The van der Waals surface area contributed by atoms with E-state index in [1.165, 1.54) is 122 Å². The Labute approximate surface area is 390 Å². The van der Waals surface area contributed by atoms with Gasteiger partial charge in [0.25, 0.3) is 0 Å². The van der Waals surface area contributed by atoms with Crippen molar-refractivity contribution in [3.63, 3.8) is 0 Å². The summed E-state index contributed by atoms with van der Waals surface area (Å²) in [5.74, 6) is -0.511. The number of allylic oxidation sites excluding steroid dienone is 10. The number of aliphatic hydroxyl groups excluding tert-OH is 2. The molecule has 3 atom stereocenters. The highest BCUT2D eigenvalue weighted by molar-refractivity contribution is 5.77. The lowest BCUT2D eigenvalue weighted by molar-refractivity contribution is -0.151. The van der Waals surface area contributed by atoms with Gasteiger partial charge in [0.2, 0.25) is 5.91 Å². The van der Waals surface area contributed by atoms with Crippen LogP contribution in [0.2, 0.25) is 0 Å². The van der Waals surface area contributed by atoms with E-state index >= 15 is 0 Å². The van der Waals surface area contributed by atoms with Gasteiger partial charge in [-0.2, -0.15) is 0 Å². The van der Waals surface area contributed by atoms with Crippen LogP contribution in [0.3, 0.4) is 0 Å². The summed E-state index contributed by atoms with van der Waals surface area (Å²) in [5.41, 5.74) is 0. The summed E-state index contributed by atoms with van der Waals surface area (Å²) >= 11 is 0. The molecule has 0 bridgehead atoms. The molecule has 3 N–H and O–H groups in total. The third-order valence-electron chi connectivity index (χ3n) is 12.2. The molecule has 0 heterocycles. The fraction of sp³-hybridized carbons (Fsp3) is 0.789. The molecule has 0 saturated heterocycles. The summed E-state index contributed by atoms with van der Waals surface area (Å²) in [6.45, 7) is 6.35. The minimum absolute atomic E-state index is 0.0567. The largest absolute Gasteiger partial charge is 0.462 e. The van der Waals surface area contributed by atoms with Gasteiger partial charge in [-0.05, 0) is 70.6 Å². The molecular formula is C57H103NO5. The molecule has 0 aliphatic carbocycles. The molecule has 0 saturated carbocycles. The second-order valence-corrected chi connectivity index (χ2v) is 18.3. The quantitative estimate of drug-likeness (QED) is 0.0245. The topological polar surface area (TPSA) is 95.9 Å². The van der Waals surface area contributed by atoms with Crippen LogP contribution < -0.4 is 5.32 Å². The molecule has 0 aromatic rings. The molecule has 0 aromatic heterocycles. The first kappa shape index (κ1) is 60.6. The zero-order chi connectivity index (χ0) is 45.9. The molecule has 0 spiro atoms. The number of aliphatic hydroxyl groups is 2.